The molecule has 0 amide bonds. The van der Waals surface area contributed by atoms with Crippen molar-refractivity contribution in [2.45, 2.75) is 12.5 Å². The molecule has 2 rings (SSSR count). The number of aliphatic imine (C=N–C) groups is 1. The molecular weight excluding hydrogens is 202 g/mol. The molecule has 0 saturated heterocycles. The molecule has 1 aliphatic rings. The number of amidine groups is 1. The van der Waals surface area contributed by atoms with Gasteiger partial charge < -0.3 is 10.5 Å². The van der Waals surface area contributed by atoms with E-state index in [-0.39, 0.29) is 18.2 Å². The van der Waals surface area contributed by atoms with Gasteiger partial charge in [0.05, 0.1) is 5.56 Å². The average molecular weight is 212 g/mol. The van der Waals surface area contributed by atoms with Crippen molar-refractivity contribution in [3.63, 3.8) is 0 Å². The largest absolute Gasteiger partial charge is 0.462 e. The molecule has 0 bridgehead atoms. The van der Waals surface area contributed by atoms with Gasteiger partial charge in [-0.15, -0.1) is 0 Å². The van der Waals surface area contributed by atoms with E-state index in [9.17, 15) is 8.78 Å². The summed E-state index contributed by atoms with van der Waals surface area (Å²) in [5.74, 6) is -1.28. The van der Waals surface area contributed by atoms with Gasteiger partial charge in [-0.3, -0.25) is 0 Å². The van der Waals surface area contributed by atoms with Gasteiger partial charge in [-0.1, -0.05) is 6.07 Å². The fourth-order valence-corrected chi connectivity index (χ4v) is 1.66. The molecule has 0 spiro atoms. The van der Waals surface area contributed by atoms with Gasteiger partial charge in [0, 0.05) is 0 Å². The fourth-order valence-electron chi connectivity index (χ4n) is 1.66. The standard InChI is InChI=1S/C10H10F2N2O/c1-10(5-15-9(13)14-10)8-6(11)3-2-4-7(8)12/h2-4H,5H2,1H3,(H2,13,14)/t10-/m1/s1. The lowest BCUT2D eigenvalue weighted by Gasteiger charge is -2.19. The molecule has 0 saturated carbocycles. The summed E-state index contributed by atoms with van der Waals surface area (Å²) in [6.45, 7) is 1.63. The number of rotatable bonds is 1. The number of hydrogen-bond donors (Lipinski definition) is 1. The zero-order valence-corrected chi connectivity index (χ0v) is 8.13. The highest BCUT2D eigenvalue weighted by Gasteiger charge is 2.37. The molecule has 3 nitrogen and oxygen atoms in total. The Morgan fingerprint density at radius 2 is 2.00 bits per heavy atom. The van der Waals surface area contributed by atoms with Gasteiger partial charge in [0.1, 0.15) is 23.8 Å². The molecule has 1 aromatic rings. The van der Waals surface area contributed by atoms with Crippen LogP contribution >= 0.6 is 0 Å². The number of ether oxygens (including phenoxy) is 1. The van der Waals surface area contributed by atoms with Gasteiger partial charge in [0.15, 0.2) is 0 Å². The van der Waals surface area contributed by atoms with E-state index in [0.29, 0.717) is 0 Å². The molecule has 5 heteroatoms. The minimum Gasteiger partial charge on any atom is -0.462 e. The van der Waals surface area contributed by atoms with E-state index in [1.807, 2.05) is 0 Å². The minimum absolute atomic E-state index is 0.0415. The van der Waals surface area contributed by atoms with Crippen LogP contribution in [-0.4, -0.2) is 12.6 Å². The molecule has 0 aliphatic carbocycles. The highest BCUT2D eigenvalue weighted by Crippen LogP contribution is 2.33. The van der Waals surface area contributed by atoms with E-state index >= 15 is 0 Å². The van der Waals surface area contributed by atoms with Crippen molar-refractivity contribution in [1.29, 1.82) is 0 Å². The second-order valence-corrected chi connectivity index (χ2v) is 3.61. The Kier molecular flexibility index (Phi) is 2.10. The Labute approximate surface area is 85.6 Å². The van der Waals surface area contributed by atoms with Crippen molar-refractivity contribution in [2.24, 2.45) is 10.7 Å². The van der Waals surface area contributed by atoms with Crippen molar-refractivity contribution < 1.29 is 13.5 Å². The number of halogens is 2. The van der Waals surface area contributed by atoms with Crippen LogP contribution in [-0.2, 0) is 10.3 Å². The van der Waals surface area contributed by atoms with Crippen molar-refractivity contribution in [3.05, 3.63) is 35.4 Å². The molecule has 1 aromatic carbocycles. The Bertz CT molecular complexity index is 413. The van der Waals surface area contributed by atoms with E-state index < -0.39 is 17.2 Å². The normalized spacial score (nSPS) is 24.9. The van der Waals surface area contributed by atoms with E-state index in [1.165, 1.54) is 18.2 Å². The first-order chi connectivity index (χ1) is 7.03. The maximum Gasteiger partial charge on any atom is 0.283 e. The summed E-state index contributed by atoms with van der Waals surface area (Å²) < 4.78 is 31.9. The quantitative estimate of drug-likeness (QED) is 0.767. The molecular formula is C10H10F2N2O. The maximum atomic E-state index is 13.5. The number of benzene rings is 1. The number of nitrogens with zero attached hydrogens (tertiary/aromatic N) is 1. The average Bonchev–Trinajstić information content (AvgIpc) is 2.46. The van der Waals surface area contributed by atoms with Crippen molar-refractivity contribution in [3.8, 4) is 0 Å². The van der Waals surface area contributed by atoms with E-state index in [0.717, 1.165) is 0 Å². The second kappa shape index (κ2) is 3.18. The number of hydrogen-bond acceptors (Lipinski definition) is 3. The second-order valence-electron chi connectivity index (χ2n) is 3.61. The molecule has 80 valence electrons. The smallest absolute Gasteiger partial charge is 0.283 e. The molecule has 0 unspecified atom stereocenters. The maximum absolute atomic E-state index is 13.5. The van der Waals surface area contributed by atoms with Gasteiger partial charge in [-0.25, -0.2) is 13.8 Å². The highest BCUT2D eigenvalue weighted by atomic mass is 19.1. The lowest BCUT2D eigenvalue weighted by atomic mass is 9.93. The SMILES string of the molecule is C[C@]1(c2c(F)cccc2F)COC(N)=N1. The first kappa shape index (κ1) is 9.89. The molecule has 15 heavy (non-hydrogen) atoms. The van der Waals surface area contributed by atoms with Gasteiger partial charge in [-0.05, 0) is 19.1 Å². The lowest BCUT2D eigenvalue weighted by molar-refractivity contribution is 0.257. The number of nitrogens with two attached hydrogens (primary N) is 1. The fraction of sp³-hybridized carbons (Fsp3) is 0.300. The molecule has 1 heterocycles. The predicted octanol–water partition coefficient (Wildman–Crippen LogP) is 1.52. The third-order valence-corrected chi connectivity index (χ3v) is 2.36. The van der Waals surface area contributed by atoms with Crippen molar-refractivity contribution in [1.82, 2.24) is 0 Å². The first-order valence-corrected chi connectivity index (χ1v) is 4.45. The van der Waals surface area contributed by atoms with Crippen LogP contribution < -0.4 is 5.73 Å². The van der Waals surface area contributed by atoms with Crippen LogP contribution in [0.25, 0.3) is 0 Å². The van der Waals surface area contributed by atoms with Crippen LogP contribution in [0.15, 0.2) is 23.2 Å². The van der Waals surface area contributed by atoms with Crippen molar-refractivity contribution >= 4 is 6.02 Å². The zero-order valence-electron chi connectivity index (χ0n) is 8.13. The summed E-state index contributed by atoms with van der Waals surface area (Å²) >= 11 is 0. The molecule has 1 atom stereocenters. The summed E-state index contributed by atoms with van der Waals surface area (Å²) in [4.78, 5) is 3.90. The van der Waals surface area contributed by atoms with Gasteiger partial charge in [-0.2, -0.15) is 0 Å². The lowest BCUT2D eigenvalue weighted by Crippen LogP contribution is -2.24. The Hall–Kier alpha value is -1.65. The van der Waals surface area contributed by atoms with Crippen LogP contribution in [0.1, 0.15) is 12.5 Å². The van der Waals surface area contributed by atoms with E-state index in [1.54, 1.807) is 6.92 Å². The molecule has 1 aliphatic heterocycles. The zero-order chi connectivity index (χ0) is 11.1. The van der Waals surface area contributed by atoms with Gasteiger partial charge >= 0.3 is 0 Å². The summed E-state index contributed by atoms with van der Waals surface area (Å²) in [6.07, 6.45) is 0. The molecule has 2 N–H and O–H groups in total. The monoisotopic (exact) mass is 212 g/mol. The summed E-state index contributed by atoms with van der Waals surface area (Å²) in [6, 6.07) is 3.64. The Morgan fingerprint density at radius 1 is 1.40 bits per heavy atom. The van der Waals surface area contributed by atoms with E-state index in [2.05, 4.69) is 4.99 Å². The van der Waals surface area contributed by atoms with Crippen LogP contribution in [0.2, 0.25) is 0 Å². The topological polar surface area (TPSA) is 47.6 Å². The Balaban J connectivity index is 2.55. The van der Waals surface area contributed by atoms with Crippen LogP contribution in [0.3, 0.4) is 0 Å². The Morgan fingerprint density at radius 3 is 2.47 bits per heavy atom. The van der Waals surface area contributed by atoms with Crippen molar-refractivity contribution in [2.75, 3.05) is 6.61 Å². The summed E-state index contributed by atoms with van der Waals surface area (Å²) in [5.41, 5.74) is 4.15. The van der Waals surface area contributed by atoms with Gasteiger partial charge in [0.2, 0.25) is 0 Å². The predicted molar refractivity (Wildman–Crippen MR) is 51.3 cm³/mol. The van der Waals surface area contributed by atoms with Crippen LogP contribution in [0.5, 0.6) is 0 Å². The third-order valence-electron chi connectivity index (χ3n) is 2.36. The van der Waals surface area contributed by atoms with Crippen LogP contribution in [0.4, 0.5) is 8.78 Å². The highest BCUT2D eigenvalue weighted by molar-refractivity contribution is 5.74. The minimum atomic E-state index is -1.07. The molecule has 0 fully saturated rings. The van der Waals surface area contributed by atoms with Gasteiger partial charge in [0.25, 0.3) is 6.02 Å². The molecule has 0 aromatic heterocycles. The summed E-state index contributed by atoms with van der Waals surface area (Å²) in [7, 11) is 0. The summed E-state index contributed by atoms with van der Waals surface area (Å²) in [5, 5.41) is 0. The first-order valence-electron chi connectivity index (χ1n) is 4.45. The molecule has 0 radical (unpaired) electrons. The van der Waals surface area contributed by atoms with E-state index in [4.69, 9.17) is 10.5 Å². The van der Waals surface area contributed by atoms with Crippen LogP contribution in [0, 0.1) is 11.6 Å². The third kappa shape index (κ3) is 1.54.